The second-order valence-electron chi connectivity index (χ2n) is 4.34. The fourth-order valence-corrected chi connectivity index (χ4v) is 1.99. The number of benzene rings is 1. The second-order valence-corrected chi connectivity index (χ2v) is 4.34. The number of amides is 1. The number of imidazole rings is 1. The Morgan fingerprint density at radius 2 is 2.16 bits per heavy atom. The van der Waals surface area contributed by atoms with Crippen molar-refractivity contribution in [3.63, 3.8) is 0 Å². The molecule has 1 heterocycles. The zero-order valence-electron chi connectivity index (χ0n) is 10.7. The summed E-state index contributed by atoms with van der Waals surface area (Å²) in [6.07, 6.45) is 1.11. The van der Waals surface area contributed by atoms with Crippen molar-refractivity contribution in [2.45, 2.75) is 19.4 Å². The summed E-state index contributed by atoms with van der Waals surface area (Å²) in [6, 6.07) is 7.49. The lowest BCUT2D eigenvalue weighted by molar-refractivity contribution is -0.121. The number of H-pyrrole nitrogens is 1. The highest BCUT2D eigenvalue weighted by Crippen LogP contribution is 2.08. The largest absolute Gasteiger partial charge is 0.354 e. The van der Waals surface area contributed by atoms with Crippen molar-refractivity contribution in [3.05, 3.63) is 34.7 Å². The Kier molecular flexibility index (Phi) is 4.35. The number of rotatable bonds is 6. The van der Waals surface area contributed by atoms with E-state index in [0.29, 0.717) is 32.5 Å². The molecule has 0 fully saturated rings. The van der Waals surface area contributed by atoms with Gasteiger partial charge in [0.05, 0.1) is 11.0 Å². The SMILES string of the molecule is NCCCC(=O)NCCn1c(=O)[nH]c2ccccc21. The first-order valence-corrected chi connectivity index (χ1v) is 6.36. The van der Waals surface area contributed by atoms with Gasteiger partial charge in [-0.05, 0) is 25.1 Å². The fourth-order valence-electron chi connectivity index (χ4n) is 1.99. The van der Waals surface area contributed by atoms with Crippen LogP contribution in [-0.4, -0.2) is 28.5 Å². The van der Waals surface area contributed by atoms with Gasteiger partial charge in [0.15, 0.2) is 0 Å². The normalized spacial score (nSPS) is 10.8. The first kappa shape index (κ1) is 13.4. The molecule has 0 unspecified atom stereocenters. The lowest BCUT2D eigenvalue weighted by atomic mass is 10.3. The van der Waals surface area contributed by atoms with Gasteiger partial charge in [-0.15, -0.1) is 0 Å². The van der Waals surface area contributed by atoms with Crippen molar-refractivity contribution in [2.24, 2.45) is 5.73 Å². The molecule has 4 N–H and O–H groups in total. The highest BCUT2D eigenvalue weighted by atomic mass is 16.2. The van der Waals surface area contributed by atoms with E-state index in [0.717, 1.165) is 11.0 Å². The quantitative estimate of drug-likeness (QED) is 0.693. The van der Waals surface area contributed by atoms with Gasteiger partial charge in [-0.3, -0.25) is 9.36 Å². The first-order chi connectivity index (χ1) is 9.22. The number of hydrogen-bond donors (Lipinski definition) is 3. The van der Waals surface area contributed by atoms with Crippen molar-refractivity contribution in [1.82, 2.24) is 14.9 Å². The van der Waals surface area contributed by atoms with Crippen LogP contribution in [0.3, 0.4) is 0 Å². The van der Waals surface area contributed by atoms with E-state index in [9.17, 15) is 9.59 Å². The standard InChI is InChI=1S/C13H18N4O2/c14-7-3-6-12(18)15-8-9-17-11-5-2-1-4-10(11)16-13(17)19/h1-2,4-5H,3,6-9,14H2,(H,15,18)(H,16,19). The van der Waals surface area contributed by atoms with E-state index >= 15 is 0 Å². The molecule has 6 nitrogen and oxygen atoms in total. The number of carbonyl (C=O) groups is 1. The molecule has 2 aromatic rings. The van der Waals surface area contributed by atoms with Crippen LogP contribution in [0.1, 0.15) is 12.8 Å². The molecule has 0 radical (unpaired) electrons. The number of hydrogen-bond acceptors (Lipinski definition) is 3. The smallest absolute Gasteiger partial charge is 0.326 e. The Bertz CT molecular complexity index is 614. The molecule has 0 saturated heterocycles. The van der Waals surface area contributed by atoms with Crippen LogP contribution in [0.5, 0.6) is 0 Å². The Hall–Kier alpha value is -2.08. The lowest BCUT2D eigenvalue weighted by Crippen LogP contribution is -2.30. The van der Waals surface area contributed by atoms with Crippen molar-refractivity contribution in [3.8, 4) is 0 Å². The Morgan fingerprint density at radius 3 is 2.95 bits per heavy atom. The van der Waals surface area contributed by atoms with Gasteiger partial charge in [-0.25, -0.2) is 4.79 Å². The summed E-state index contributed by atoms with van der Waals surface area (Å²) in [5.41, 5.74) is 6.84. The predicted molar refractivity (Wildman–Crippen MR) is 73.9 cm³/mol. The van der Waals surface area contributed by atoms with Gasteiger partial charge in [-0.1, -0.05) is 12.1 Å². The predicted octanol–water partition coefficient (Wildman–Crippen LogP) is 0.185. The molecule has 6 heteroatoms. The van der Waals surface area contributed by atoms with Gasteiger partial charge in [0.1, 0.15) is 0 Å². The molecule has 0 spiro atoms. The van der Waals surface area contributed by atoms with E-state index in [4.69, 9.17) is 5.73 Å². The molecule has 0 aliphatic rings. The maximum atomic E-state index is 11.8. The number of nitrogens with zero attached hydrogens (tertiary/aromatic N) is 1. The first-order valence-electron chi connectivity index (χ1n) is 6.36. The molecular weight excluding hydrogens is 244 g/mol. The summed E-state index contributed by atoms with van der Waals surface area (Å²) in [7, 11) is 0. The summed E-state index contributed by atoms with van der Waals surface area (Å²) < 4.78 is 1.62. The molecule has 0 aliphatic carbocycles. The minimum absolute atomic E-state index is 0.0293. The fraction of sp³-hybridized carbons (Fsp3) is 0.385. The number of aromatic nitrogens is 2. The summed E-state index contributed by atoms with van der Waals surface area (Å²) in [4.78, 5) is 26.0. The van der Waals surface area contributed by atoms with Crippen molar-refractivity contribution < 1.29 is 4.79 Å². The minimum atomic E-state index is -0.155. The van der Waals surface area contributed by atoms with Crippen molar-refractivity contribution in [2.75, 3.05) is 13.1 Å². The Labute approximate surface area is 110 Å². The van der Waals surface area contributed by atoms with Crippen molar-refractivity contribution in [1.29, 1.82) is 0 Å². The summed E-state index contributed by atoms with van der Waals surface area (Å²) in [6.45, 7) is 1.40. The van der Waals surface area contributed by atoms with Crippen LogP contribution in [0.2, 0.25) is 0 Å². The highest BCUT2D eigenvalue weighted by Gasteiger charge is 2.06. The van der Waals surface area contributed by atoms with E-state index in [1.807, 2.05) is 24.3 Å². The van der Waals surface area contributed by atoms with Gasteiger partial charge in [0.2, 0.25) is 5.91 Å². The topological polar surface area (TPSA) is 92.9 Å². The van der Waals surface area contributed by atoms with E-state index < -0.39 is 0 Å². The van der Waals surface area contributed by atoms with Gasteiger partial charge in [-0.2, -0.15) is 0 Å². The third kappa shape index (κ3) is 3.23. The maximum absolute atomic E-state index is 11.8. The number of carbonyl (C=O) groups excluding carboxylic acids is 1. The van der Waals surface area contributed by atoms with Crippen molar-refractivity contribution >= 4 is 16.9 Å². The zero-order chi connectivity index (χ0) is 13.7. The van der Waals surface area contributed by atoms with Crippen LogP contribution in [0.4, 0.5) is 0 Å². The van der Waals surface area contributed by atoms with Gasteiger partial charge >= 0.3 is 5.69 Å². The molecule has 1 amide bonds. The third-order valence-corrected chi connectivity index (χ3v) is 2.95. The average Bonchev–Trinajstić information content (AvgIpc) is 2.73. The number of nitrogens with two attached hydrogens (primary N) is 1. The van der Waals surface area contributed by atoms with E-state index in [1.54, 1.807) is 4.57 Å². The van der Waals surface area contributed by atoms with Crippen LogP contribution in [0.25, 0.3) is 11.0 Å². The van der Waals surface area contributed by atoms with Crippen LogP contribution in [-0.2, 0) is 11.3 Å². The van der Waals surface area contributed by atoms with Crippen LogP contribution in [0.15, 0.2) is 29.1 Å². The van der Waals surface area contributed by atoms with E-state index in [2.05, 4.69) is 10.3 Å². The second kappa shape index (κ2) is 6.19. The minimum Gasteiger partial charge on any atom is -0.354 e. The van der Waals surface area contributed by atoms with Gasteiger partial charge in [0, 0.05) is 19.5 Å². The highest BCUT2D eigenvalue weighted by molar-refractivity contribution is 5.76. The summed E-state index contributed by atoms with van der Waals surface area (Å²) in [5.74, 6) is -0.0293. The van der Waals surface area contributed by atoms with E-state index in [-0.39, 0.29) is 11.6 Å². The molecule has 2 rings (SSSR count). The molecule has 102 valence electrons. The molecule has 1 aromatic heterocycles. The molecule has 19 heavy (non-hydrogen) atoms. The van der Waals surface area contributed by atoms with Crippen LogP contribution < -0.4 is 16.7 Å². The number of para-hydroxylation sites is 2. The molecule has 0 atom stereocenters. The average molecular weight is 262 g/mol. The molecule has 0 bridgehead atoms. The van der Waals surface area contributed by atoms with Gasteiger partial charge in [0.25, 0.3) is 0 Å². The van der Waals surface area contributed by atoms with Crippen LogP contribution >= 0.6 is 0 Å². The maximum Gasteiger partial charge on any atom is 0.326 e. The van der Waals surface area contributed by atoms with Gasteiger partial charge < -0.3 is 16.0 Å². The summed E-state index contributed by atoms with van der Waals surface area (Å²) in [5, 5.41) is 2.78. The number of fused-ring (bicyclic) bond motifs is 1. The molecular formula is C13H18N4O2. The zero-order valence-corrected chi connectivity index (χ0v) is 10.7. The number of aromatic amines is 1. The number of nitrogens with one attached hydrogen (secondary N) is 2. The molecule has 1 aromatic carbocycles. The Morgan fingerprint density at radius 1 is 1.37 bits per heavy atom. The monoisotopic (exact) mass is 262 g/mol. The third-order valence-electron chi connectivity index (χ3n) is 2.95. The molecule has 0 saturated carbocycles. The molecule has 0 aliphatic heterocycles. The van der Waals surface area contributed by atoms with Crippen LogP contribution in [0, 0.1) is 0 Å². The van der Waals surface area contributed by atoms with E-state index in [1.165, 1.54) is 0 Å². The Balaban J connectivity index is 1.97. The summed E-state index contributed by atoms with van der Waals surface area (Å²) >= 11 is 0. The lowest BCUT2D eigenvalue weighted by Gasteiger charge is -2.05.